The number of para-hydroxylation sites is 1. The summed E-state index contributed by atoms with van der Waals surface area (Å²) in [5.74, 6) is 0.327. The van der Waals surface area contributed by atoms with Crippen molar-refractivity contribution in [3.8, 4) is 11.8 Å². The molecular formula is C19H17N3O5S. The van der Waals surface area contributed by atoms with Crippen molar-refractivity contribution in [3.05, 3.63) is 54.2 Å². The monoisotopic (exact) mass is 399 g/mol. The first-order chi connectivity index (χ1) is 13.4. The van der Waals surface area contributed by atoms with E-state index in [0.717, 1.165) is 0 Å². The van der Waals surface area contributed by atoms with Crippen LogP contribution in [0.2, 0.25) is 0 Å². The van der Waals surface area contributed by atoms with Crippen LogP contribution in [0.15, 0.2) is 53.6 Å². The summed E-state index contributed by atoms with van der Waals surface area (Å²) < 4.78 is 38.7. The number of aromatic amines is 1. The van der Waals surface area contributed by atoms with E-state index in [9.17, 15) is 13.5 Å². The normalized spacial score (nSPS) is 15.6. The van der Waals surface area contributed by atoms with Crippen molar-refractivity contribution in [3.63, 3.8) is 0 Å². The molecule has 3 aromatic rings. The third kappa shape index (κ3) is 3.41. The quantitative estimate of drug-likeness (QED) is 0.582. The number of aromatic nitrogens is 1. The molecule has 0 atom stereocenters. The van der Waals surface area contributed by atoms with Gasteiger partial charge in [-0.05, 0) is 18.2 Å². The van der Waals surface area contributed by atoms with Gasteiger partial charge in [-0.15, -0.1) is 0 Å². The summed E-state index contributed by atoms with van der Waals surface area (Å²) >= 11 is 0. The fourth-order valence-electron chi connectivity index (χ4n) is 2.91. The van der Waals surface area contributed by atoms with Gasteiger partial charge in [0, 0.05) is 17.6 Å². The lowest BCUT2D eigenvalue weighted by molar-refractivity contribution is -0.192. The molecule has 1 aromatic heterocycles. The molecule has 2 heterocycles. The number of nitrogens with one attached hydrogen (secondary N) is 2. The molecule has 0 saturated carbocycles. The first-order valence-electron chi connectivity index (χ1n) is 8.46. The van der Waals surface area contributed by atoms with Crippen LogP contribution in [-0.2, 0) is 14.8 Å². The van der Waals surface area contributed by atoms with E-state index in [-0.39, 0.29) is 24.7 Å². The van der Waals surface area contributed by atoms with Crippen LogP contribution in [0.25, 0.3) is 10.9 Å². The van der Waals surface area contributed by atoms with E-state index in [0.29, 0.717) is 27.9 Å². The van der Waals surface area contributed by atoms with Gasteiger partial charge in [0.2, 0.25) is 0 Å². The molecule has 1 fully saturated rings. The minimum Gasteiger partial charge on any atom is -0.490 e. The third-order valence-electron chi connectivity index (χ3n) is 4.45. The molecule has 1 aliphatic rings. The highest BCUT2D eigenvalue weighted by Crippen LogP contribution is 2.28. The molecule has 8 nitrogen and oxygen atoms in total. The predicted molar refractivity (Wildman–Crippen MR) is 102 cm³/mol. The first-order valence-corrected chi connectivity index (χ1v) is 9.95. The van der Waals surface area contributed by atoms with Gasteiger partial charge in [-0.1, -0.05) is 18.2 Å². The zero-order valence-electron chi connectivity index (χ0n) is 14.7. The van der Waals surface area contributed by atoms with Crippen LogP contribution >= 0.6 is 0 Å². The van der Waals surface area contributed by atoms with Crippen molar-refractivity contribution in [2.24, 2.45) is 0 Å². The van der Waals surface area contributed by atoms with E-state index in [4.69, 9.17) is 14.7 Å². The van der Waals surface area contributed by atoms with Gasteiger partial charge in [-0.2, -0.15) is 5.26 Å². The van der Waals surface area contributed by atoms with Crippen LogP contribution in [0.3, 0.4) is 0 Å². The fourth-order valence-corrected chi connectivity index (χ4v) is 4.01. The SMILES string of the molecule is N#Cc1c[nH]c2c(NS(=O)(=O)c3cccc(OCC4(O)COC4)c3)cccc12. The van der Waals surface area contributed by atoms with Crippen LogP contribution < -0.4 is 9.46 Å². The number of hydrogen-bond donors (Lipinski definition) is 3. The number of H-pyrrole nitrogens is 1. The highest BCUT2D eigenvalue weighted by molar-refractivity contribution is 7.92. The fraction of sp³-hybridized carbons (Fsp3) is 0.211. The summed E-state index contributed by atoms with van der Waals surface area (Å²) in [6.45, 7) is 0.400. The minimum atomic E-state index is -3.89. The smallest absolute Gasteiger partial charge is 0.262 e. The van der Waals surface area contributed by atoms with Gasteiger partial charge in [-0.3, -0.25) is 4.72 Å². The third-order valence-corrected chi connectivity index (χ3v) is 5.81. The minimum absolute atomic E-state index is 0.0165. The average Bonchev–Trinajstić information content (AvgIpc) is 3.09. The van der Waals surface area contributed by atoms with E-state index in [2.05, 4.69) is 15.8 Å². The second kappa shape index (κ2) is 6.83. The number of aliphatic hydroxyl groups is 1. The van der Waals surface area contributed by atoms with Gasteiger partial charge in [0.05, 0.1) is 34.9 Å². The molecule has 1 aliphatic heterocycles. The van der Waals surface area contributed by atoms with Crippen LogP contribution in [-0.4, -0.2) is 43.9 Å². The van der Waals surface area contributed by atoms with E-state index < -0.39 is 15.6 Å². The number of fused-ring (bicyclic) bond motifs is 1. The maximum atomic E-state index is 12.8. The number of ether oxygens (including phenoxy) is 2. The number of rotatable bonds is 6. The van der Waals surface area contributed by atoms with Crippen molar-refractivity contribution in [1.29, 1.82) is 5.26 Å². The van der Waals surface area contributed by atoms with Crippen molar-refractivity contribution >= 4 is 26.6 Å². The largest absolute Gasteiger partial charge is 0.490 e. The Morgan fingerprint density at radius 3 is 2.79 bits per heavy atom. The molecule has 144 valence electrons. The molecule has 0 radical (unpaired) electrons. The Labute approximate surface area is 161 Å². The molecule has 0 bridgehead atoms. The highest BCUT2D eigenvalue weighted by Gasteiger charge is 2.37. The number of sulfonamides is 1. The maximum absolute atomic E-state index is 12.8. The Kier molecular flexibility index (Phi) is 4.47. The summed E-state index contributed by atoms with van der Waals surface area (Å²) in [6.07, 6.45) is 1.53. The number of nitrogens with zero attached hydrogens (tertiary/aromatic N) is 1. The van der Waals surface area contributed by atoms with Gasteiger partial charge in [0.1, 0.15) is 24.0 Å². The standard InChI is InChI=1S/C19H17N3O5S/c20-8-13-9-21-18-16(13)5-2-6-17(18)22-28(24,25)15-4-1-3-14(7-15)27-12-19(23)10-26-11-19/h1-7,9,21-23H,10-12H2. The Morgan fingerprint density at radius 2 is 2.07 bits per heavy atom. The Balaban J connectivity index is 1.58. The lowest BCUT2D eigenvalue weighted by Crippen LogP contribution is -2.53. The summed E-state index contributed by atoms with van der Waals surface area (Å²) in [4.78, 5) is 2.95. The Hall–Kier alpha value is -3.06. The van der Waals surface area contributed by atoms with E-state index in [1.165, 1.54) is 18.3 Å². The van der Waals surface area contributed by atoms with Gasteiger partial charge < -0.3 is 19.6 Å². The Morgan fingerprint density at radius 1 is 1.29 bits per heavy atom. The summed E-state index contributed by atoms with van der Waals surface area (Å²) in [6, 6.07) is 13.1. The summed E-state index contributed by atoms with van der Waals surface area (Å²) in [7, 11) is -3.89. The molecule has 1 saturated heterocycles. The maximum Gasteiger partial charge on any atom is 0.262 e. The molecule has 2 aromatic carbocycles. The number of nitriles is 1. The molecule has 0 spiro atoms. The topological polar surface area (TPSA) is 124 Å². The first kappa shape index (κ1) is 18.3. The number of benzene rings is 2. The number of anilines is 1. The van der Waals surface area contributed by atoms with Crippen molar-refractivity contribution < 1.29 is 23.0 Å². The molecule has 0 amide bonds. The van der Waals surface area contributed by atoms with Crippen LogP contribution in [0.4, 0.5) is 5.69 Å². The molecule has 28 heavy (non-hydrogen) atoms. The Bertz CT molecular complexity index is 1180. The van der Waals surface area contributed by atoms with Crippen molar-refractivity contribution in [1.82, 2.24) is 4.98 Å². The molecule has 0 unspecified atom stereocenters. The molecule has 4 rings (SSSR count). The lowest BCUT2D eigenvalue weighted by atomic mass is 10.0. The van der Waals surface area contributed by atoms with Gasteiger partial charge in [0.15, 0.2) is 0 Å². The molecule has 0 aliphatic carbocycles. The second-order valence-corrected chi connectivity index (χ2v) is 8.31. The van der Waals surface area contributed by atoms with Crippen molar-refractivity contribution in [2.45, 2.75) is 10.5 Å². The lowest BCUT2D eigenvalue weighted by Gasteiger charge is -2.35. The number of hydrogen-bond acceptors (Lipinski definition) is 6. The second-order valence-electron chi connectivity index (χ2n) is 6.63. The van der Waals surface area contributed by atoms with E-state index in [1.54, 1.807) is 30.3 Å². The van der Waals surface area contributed by atoms with Crippen molar-refractivity contribution in [2.75, 3.05) is 24.5 Å². The highest BCUT2D eigenvalue weighted by atomic mass is 32.2. The van der Waals surface area contributed by atoms with Crippen LogP contribution in [0.5, 0.6) is 5.75 Å². The molecule has 3 N–H and O–H groups in total. The molecular weight excluding hydrogens is 382 g/mol. The van der Waals surface area contributed by atoms with Gasteiger partial charge in [0.25, 0.3) is 10.0 Å². The van der Waals surface area contributed by atoms with E-state index in [1.807, 2.05) is 0 Å². The van der Waals surface area contributed by atoms with Gasteiger partial charge >= 0.3 is 0 Å². The summed E-state index contributed by atoms with van der Waals surface area (Å²) in [5, 5.41) is 19.8. The zero-order valence-corrected chi connectivity index (χ0v) is 15.5. The van der Waals surface area contributed by atoms with Crippen LogP contribution in [0.1, 0.15) is 5.56 Å². The zero-order chi connectivity index (χ0) is 19.8. The van der Waals surface area contributed by atoms with Gasteiger partial charge in [-0.25, -0.2) is 8.42 Å². The van der Waals surface area contributed by atoms with E-state index >= 15 is 0 Å². The average molecular weight is 399 g/mol. The van der Waals surface area contributed by atoms with Crippen LogP contribution in [0, 0.1) is 11.3 Å². The molecule has 9 heteroatoms. The predicted octanol–water partition coefficient (Wildman–Crippen LogP) is 1.98. The summed E-state index contributed by atoms with van der Waals surface area (Å²) in [5.41, 5.74) is 0.271.